The maximum atomic E-state index is 13.9. The van der Waals surface area contributed by atoms with Crippen LogP contribution in [0.3, 0.4) is 0 Å². The van der Waals surface area contributed by atoms with Gasteiger partial charge in [-0.25, -0.2) is 0 Å². The number of pyridine rings is 1. The number of ether oxygens (including phenoxy) is 1. The van der Waals surface area contributed by atoms with E-state index in [4.69, 9.17) is 4.74 Å². The Balaban J connectivity index is 1.48. The first-order valence-electron chi connectivity index (χ1n) is 11.7. The lowest BCUT2D eigenvalue weighted by Gasteiger charge is -2.43. The molecular formula is C26H28N4O3. The van der Waals surface area contributed by atoms with Gasteiger partial charge in [0.25, 0.3) is 5.91 Å². The number of aromatic nitrogens is 1. The molecule has 0 bridgehead atoms. The summed E-state index contributed by atoms with van der Waals surface area (Å²) in [6.45, 7) is 1.81. The van der Waals surface area contributed by atoms with Gasteiger partial charge in [0.15, 0.2) is 5.60 Å². The molecule has 2 atom stereocenters. The van der Waals surface area contributed by atoms with E-state index in [1.54, 1.807) is 17.3 Å². The molecule has 170 valence electrons. The van der Waals surface area contributed by atoms with E-state index in [2.05, 4.69) is 11.1 Å². The van der Waals surface area contributed by atoms with Crippen LogP contribution in [0.4, 0.5) is 0 Å². The SMILES string of the molecule is N#CC1(C(=O)N2CCOC3(C2)C(=O)N(Cc2cccnc2)CC3c2ccccc2)CCCC1. The zero-order chi connectivity index (χ0) is 22.9. The number of hydrogen-bond donors (Lipinski definition) is 0. The smallest absolute Gasteiger partial charge is 0.257 e. The molecule has 3 heterocycles. The van der Waals surface area contributed by atoms with Crippen molar-refractivity contribution in [2.45, 2.75) is 43.7 Å². The molecule has 2 amide bonds. The second kappa shape index (κ2) is 8.60. The van der Waals surface area contributed by atoms with Crippen molar-refractivity contribution in [2.75, 3.05) is 26.2 Å². The van der Waals surface area contributed by atoms with Gasteiger partial charge in [0.05, 0.1) is 19.2 Å². The van der Waals surface area contributed by atoms with E-state index >= 15 is 0 Å². The Bertz CT molecular complexity index is 1060. The fraction of sp³-hybridized carbons (Fsp3) is 0.462. The number of likely N-dealkylation sites (tertiary alicyclic amines) is 1. The van der Waals surface area contributed by atoms with Crippen molar-refractivity contribution < 1.29 is 14.3 Å². The van der Waals surface area contributed by atoms with Crippen molar-refractivity contribution in [3.63, 3.8) is 0 Å². The fourth-order valence-electron chi connectivity index (χ4n) is 5.69. The van der Waals surface area contributed by atoms with Crippen molar-refractivity contribution in [3.05, 3.63) is 66.0 Å². The van der Waals surface area contributed by atoms with Crippen LogP contribution < -0.4 is 0 Å². The monoisotopic (exact) mass is 444 g/mol. The van der Waals surface area contributed by atoms with Crippen molar-refractivity contribution in [3.8, 4) is 6.07 Å². The highest BCUT2D eigenvalue weighted by atomic mass is 16.5. The van der Waals surface area contributed by atoms with Crippen LogP contribution in [-0.4, -0.2) is 58.4 Å². The number of carbonyl (C=O) groups excluding carboxylic acids is 2. The number of benzene rings is 1. The van der Waals surface area contributed by atoms with E-state index in [1.807, 2.05) is 47.4 Å². The van der Waals surface area contributed by atoms with Crippen molar-refractivity contribution >= 4 is 11.8 Å². The Hall–Kier alpha value is -3.24. The molecule has 0 N–H and O–H groups in total. The standard InChI is InChI=1S/C26H28N4O3/c27-18-25(10-4-5-11-25)23(31)29-13-14-33-26(19-29)22(21-8-2-1-3-9-21)17-30(24(26)32)16-20-7-6-12-28-15-20/h1-3,6-9,12,15,22H,4-5,10-11,13-14,16-17,19H2. The molecule has 1 aliphatic carbocycles. The number of nitrogens with zero attached hydrogens (tertiary/aromatic N) is 4. The summed E-state index contributed by atoms with van der Waals surface area (Å²) in [7, 11) is 0. The summed E-state index contributed by atoms with van der Waals surface area (Å²) >= 11 is 0. The fourth-order valence-corrected chi connectivity index (χ4v) is 5.69. The van der Waals surface area contributed by atoms with Crippen molar-refractivity contribution in [2.24, 2.45) is 5.41 Å². The second-order valence-corrected chi connectivity index (χ2v) is 9.38. The minimum absolute atomic E-state index is 0.102. The summed E-state index contributed by atoms with van der Waals surface area (Å²) in [6, 6.07) is 16.1. The molecule has 3 fully saturated rings. The summed E-state index contributed by atoms with van der Waals surface area (Å²) in [5.41, 5.74) is -0.137. The molecule has 7 heteroatoms. The van der Waals surface area contributed by atoms with Crippen molar-refractivity contribution in [1.82, 2.24) is 14.8 Å². The third kappa shape index (κ3) is 3.68. The van der Waals surface area contributed by atoms with E-state index in [1.165, 1.54) is 0 Å². The topological polar surface area (TPSA) is 86.5 Å². The number of morpholine rings is 1. The van der Waals surface area contributed by atoms with E-state index in [0.717, 1.165) is 24.0 Å². The Kier molecular flexibility index (Phi) is 5.63. The molecule has 1 saturated carbocycles. The molecule has 2 aliphatic heterocycles. The normalized spacial score (nSPS) is 26.5. The number of rotatable bonds is 4. The molecule has 7 nitrogen and oxygen atoms in total. The van der Waals surface area contributed by atoms with Gasteiger partial charge in [0.1, 0.15) is 5.41 Å². The van der Waals surface area contributed by atoms with Gasteiger partial charge in [0.2, 0.25) is 5.91 Å². The average Bonchev–Trinajstić information content (AvgIpc) is 3.45. The summed E-state index contributed by atoms with van der Waals surface area (Å²) in [6.07, 6.45) is 6.44. The molecule has 2 unspecified atom stereocenters. The van der Waals surface area contributed by atoms with E-state index in [9.17, 15) is 14.9 Å². The lowest BCUT2D eigenvalue weighted by Crippen LogP contribution is -2.61. The third-order valence-electron chi connectivity index (χ3n) is 7.43. The van der Waals surface area contributed by atoms with E-state index in [0.29, 0.717) is 32.5 Å². The van der Waals surface area contributed by atoms with E-state index < -0.39 is 11.0 Å². The van der Waals surface area contributed by atoms with Gasteiger partial charge in [-0.15, -0.1) is 0 Å². The zero-order valence-corrected chi connectivity index (χ0v) is 18.7. The minimum atomic E-state index is -1.15. The van der Waals surface area contributed by atoms with Gasteiger partial charge in [-0.2, -0.15) is 5.26 Å². The van der Waals surface area contributed by atoms with E-state index in [-0.39, 0.29) is 30.9 Å². The number of nitriles is 1. The molecular weight excluding hydrogens is 416 g/mol. The van der Waals surface area contributed by atoms with Gasteiger partial charge in [-0.3, -0.25) is 14.6 Å². The van der Waals surface area contributed by atoms with Gasteiger partial charge >= 0.3 is 0 Å². The lowest BCUT2D eigenvalue weighted by atomic mass is 9.81. The van der Waals surface area contributed by atoms with Gasteiger partial charge in [-0.05, 0) is 30.0 Å². The van der Waals surface area contributed by atoms with Crippen LogP contribution in [0.2, 0.25) is 0 Å². The molecule has 1 spiro atoms. The van der Waals surface area contributed by atoms with Gasteiger partial charge < -0.3 is 14.5 Å². The maximum absolute atomic E-state index is 13.9. The van der Waals surface area contributed by atoms with Crippen LogP contribution in [0.25, 0.3) is 0 Å². The quantitative estimate of drug-likeness (QED) is 0.724. The number of hydrogen-bond acceptors (Lipinski definition) is 5. The summed E-state index contributed by atoms with van der Waals surface area (Å²) < 4.78 is 6.30. The van der Waals surface area contributed by atoms with Crippen LogP contribution in [0.5, 0.6) is 0 Å². The van der Waals surface area contributed by atoms with Gasteiger partial charge in [-0.1, -0.05) is 49.2 Å². The molecule has 33 heavy (non-hydrogen) atoms. The van der Waals surface area contributed by atoms with Crippen LogP contribution >= 0.6 is 0 Å². The molecule has 0 radical (unpaired) electrons. The first kappa shape index (κ1) is 21.6. The average molecular weight is 445 g/mol. The highest BCUT2D eigenvalue weighted by Crippen LogP contribution is 2.45. The molecule has 5 rings (SSSR count). The highest BCUT2D eigenvalue weighted by molar-refractivity contribution is 5.92. The Morgan fingerprint density at radius 3 is 2.67 bits per heavy atom. The zero-order valence-electron chi connectivity index (χ0n) is 18.7. The first-order chi connectivity index (χ1) is 16.1. The highest BCUT2D eigenvalue weighted by Gasteiger charge is 2.59. The molecule has 2 saturated heterocycles. The predicted molar refractivity (Wildman–Crippen MR) is 121 cm³/mol. The molecule has 3 aliphatic rings. The Morgan fingerprint density at radius 1 is 1.18 bits per heavy atom. The molecule has 1 aromatic carbocycles. The first-order valence-corrected chi connectivity index (χ1v) is 11.7. The third-order valence-corrected chi connectivity index (χ3v) is 7.43. The lowest BCUT2D eigenvalue weighted by molar-refractivity contribution is -0.170. The van der Waals surface area contributed by atoms with Crippen LogP contribution in [0, 0.1) is 16.7 Å². The Morgan fingerprint density at radius 2 is 1.97 bits per heavy atom. The maximum Gasteiger partial charge on any atom is 0.257 e. The van der Waals surface area contributed by atoms with Crippen LogP contribution in [0.15, 0.2) is 54.9 Å². The van der Waals surface area contributed by atoms with Gasteiger partial charge in [0, 0.05) is 37.9 Å². The van der Waals surface area contributed by atoms with Crippen LogP contribution in [-0.2, 0) is 20.9 Å². The van der Waals surface area contributed by atoms with Crippen LogP contribution in [0.1, 0.15) is 42.7 Å². The molecule has 1 aromatic heterocycles. The Labute approximate surface area is 194 Å². The number of carbonyl (C=O) groups is 2. The summed E-state index contributed by atoms with van der Waals surface area (Å²) in [4.78, 5) is 35.1. The minimum Gasteiger partial charge on any atom is -0.361 e. The predicted octanol–water partition coefficient (Wildman–Crippen LogP) is 2.89. The largest absolute Gasteiger partial charge is 0.361 e. The molecule has 2 aromatic rings. The van der Waals surface area contributed by atoms with Crippen molar-refractivity contribution in [1.29, 1.82) is 5.26 Å². The summed E-state index contributed by atoms with van der Waals surface area (Å²) in [5.74, 6) is -0.453. The second-order valence-electron chi connectivity index (χ2n) is 9.38. The number of amides is 2. The summed E-state index contributed by atoms with van der Waals surface area (Å²) in [5, 5.41) is 9.85.